The van der Waals surface area contributed by atoms with Gasteiger partial charge in [0, 0.05) is 18.4 Å². The molecule has 0 fully saturated rings. The molecule has 0 aliphatic heterocycles. The van der Waals surface area contributed by atoms with Crippen molar-refractivity contribution in [2.75, 3.05) is 6.61 Å². The molecule has 1 unspecified atom stereocenters. The van der Waals surface area contributed by atoms with Crippen LogP contribution in [-0.2, 0) is 6.42 Å². The average Bonchev–Trinajstić information content (AvgIpc) is 2.47. The Morgan fingerprint density at radius 1 is 1.26 bits per heavy atom. The molecule has 0 saturated heterocycles. The van der Waals surface area contributed by atoms with Crippen LogP contribution in [0.3, 0.4) is 0 Å². The molecule has 0 aliphatic rings. The van der Waals surface area contributed by atoms with E-state index in [9.17, 15) is 0 Å². The highest BCUT2D eigenvalue weighted by Crippen LogP contribution is 2.23. The van der Waals surface area contributed by atoms with Crippen LogP contribution in [-0.4, -0.2) is 11.6 Å². The maximum Gasteiger partial charge on any atom is 0.123 e. The monoisotopic (exact) mass is 254 g/mol. The molecule has 2 rings (SSSR count). The summed E-state index contributed by atoms with van der Waals surface area (Å²) in [4.78, 5) is 4.09. The Morgan fingerprint density at radius 3 is 2.84 bits per heavy atom. The number of hydrogen-bond acceptors (Lipinski definition) is 3. The number of pyridine rings is 1. The summed E-state index contributed by atoms with van der Waals surface area (Å²) in [5.41, 5.74) is 8.34. The largest absolute Gasteiger partial charge is 0.489 e. The Morgan fingerprint density at radius 2 is 2.11 bits per heavy atom. The van der Waals surface area contributed by atoms with E-state index in [0.717, 1.165) is 23.3 Å². The van der Waals surface area contributed by atoms with Gasteiger partial charge in [0.2, 0.25) is 0 Å². The molecule has 0 saturated carbocycles. The van der Waals surface area contributed by atoms with E-state index < -0.39 is 0 Å². The summed E-state index contributed by atoms with van der Waals surface area (Å²) < 4.78 is 5.63. The van der Waals surface area contributed by atoms with Crippen molar-refractivity contribution in [2.45, 2.75) is 12.5 Å². The second-order valence-electron chi connectivity index (χ2n) is 4.30. The predicted octanol–water partition coefficient (Wildman–Crippen LogP) is 2.89. The van der Waals surface area contributed by atoms with Gasteiger partial charge in [-0.25, -0.2) is 0 Å². The van der Waals surface area contributed by atoms with Crippen molar-refractivity contribution in [3.63, 3.8) is 0 Å². The van der Waals surface area contributed by atoms with Gasteiger partial charge in [0.1, 0.15) is 12.4 Å². The van der Waals surface area contributed by atoms with Crippen LogP contribution in [0.4, 0.5) is 0 Å². The molecular formula is C16H18N2O. The van der Waals surface area contributed by atoms with Crippen molar-refractivity contribution in [3.05, 3.63) is 72.6 Å². The maximum atomic E-state index is 6.21. The lowest BCUT2D eigenvalue weighted by atomic mass is 10.0. The second kappa shape index (κ2) is 6.71. The molecule has 0 amide bonds. The quantitative estimate of drug-likeness (QED) is 0.806. The zero-order valence-corrected chi connectivity index (χ0v) is 10.8. The normalized spacial score (nSPS) is 11.8. The van der Waals surface area contributed by atoms with Gasteiger partial charge in [0.25, 0.3) is 0 Å². The maximum absolute atomic E-state index is 6.21. The molecule has 1 aromatic heterocycles. The lowest BCUT2D eigenvalue weighted by Gasteiger charge is -2.15. The lowest BCUT2D eigenvalue weighted by molar-refractivity contribution is 0.358. The lowest BCUT2D eigenvalue weighted by Crippen LogP contribution is -2.14. The van der Waals surface area contributed by atoms with Crippen molar-refractivity contribution in [3.8, 4) is 5.75 Å². The average molecular weight is 254 g/mol. The molecular weight excluding hydrogens is 236 g/mol. The minimum Gasteiger partial charge on any atom is -0.489 e. The molecule has 1 aromatic carbocycles. The number of benzene rings is 1. The van der Waals surface area contributed by atoms with Crippen LogP contribution in [0.25, 0.3) is 0 Å². The smallest absolute Gasteiger partial charge is 0.123 e. The zero-order valence-electron chi connectivity index (χ0n) is 10.8. The first-order valence-electron chi connectivity index (χ1n) is 6.28. The highest BCUT2D eigenvalue weighted by Gasteiger charge is 2.10. The summed E-state index contributed by atoms with van der Waals surface area (Å²) in [6.07, 6.45) is 6.01. The van der Waals surface area contributed by atoms with Crippen LogP contribution in [0.5, 0.6) is 5.75 Å². The third-order valence-electron chi connectivity index (χ3n) is 2.88. The van der Waals surface area contributed by atoms with Crippen molar-refractivity contribution in [1.29, 1.82) is 0 Å². The third kappa shape index (κ3) is 3.66. The fraction of sp³-hybridized carbons (Fsp3) is 0.188. The summed E-state index contributed by atoms with van der Waals surface area (Å²) in [7, 11) is 0. The SMILES string of the molecule is C=CCOc1ccccc1CC(N)c1cccnc1. The summed E-state index contributed by atoms with van der Waals surface area (Å²) in [5, 5.41) is 0. The Labute approximate surface area is 113 Å². The molecule has 2 aromatic rings. The highest BCUT2D eigenvalue weighted by atomic mass is 16.5. The van der Waals surface area contributed by atoms with Gasteiger partial charge < -0.3 is 10.5 Å². The van der Waals surface area contributed by atoms with Gasteiger partial charge in [-0.1, -0.05) is 36.9 Å². The Balaban J connectivity index is 2.12. The summed E-state index contributed by atoms with van der Waals surface area (Å²) >= 11 is 0. The minimum atomic E-state index is -0.0813. The Hall–Kier alpha value is -2.13. The molecule has 0 spiro atoms. The minimum absolute atomic E-state index is 0.0813. The second-order valence-corrected chi connectivity index (χ2v) is 4.30. The fourth-order valence-electron chi connectivity index (χ4n) is 1.91. The van der Waals surface area contributed by atoms with Crippen molar-refractivity contribution in [1.82, 2.24) is 4.98 Å². The van der Waals surface area contributed by atoms with Crippen LogP contribution < -0.4 is 10.5 Å². The molecule has 0 radical (unpaired) electrons. The van der Waals surface area contributed by atoms with Crippen LogP contribution >= 0.6 is 0 Å². The molecule has 1 atom stereocenters. The van der Waals surface area contributed by atoms with Gasteiger partial charge in [-0.3, -0.25) is 4.98 Å². The van der Waals surface area contributed by atoms with Crippen LogP contribution in [0, 0.1) is 0 Å². The van der Waals surface area contributed by atoms with E-state index in [2.05, 4.69) is 11.6 Å². The van der Waals surface area contributed by atoms with E-state index in [0.29, 0.717) is 6.61 Å². The van der Waals surface area contributed by atoms with Crippen molar-refractivity contribution < 1.29 is 4.74 Å². The summed E-state index contributed by atoms with van der Waals surface area (Å²) in [6, 6.07) is 11.7. The Kier molecular flexibility index (Phi) is 4.70. The molecule has 98 valence electrons. The topological polar surface area (TPSA) is 48.1 Å². The first-order valence-corrected chi connectivity index (χ1v) is 6.28. The van der Waals surface area contributed by atoms with Gasteiger partial charge in [0.15, 0.2) is 0 Å². The number of hydrogen-bond donors (Lipinski definition) is 1. The van der Waals surface area contributed by atoms with Gasteiger partial charge in [0.05, 0.1) is 0 Å². The third-order valence-corrected chi connectivity index (χ3v) is 2.88. The number of ether oxygens (including phenoxy) is 1. The number of nitrogens with two attached hydrogens (primary N) is 1. The van der Waals surface area contributed by atoms with Gasteiger partial charge in [-0.2, -0.15) is 0 Å². The zero-order chi connectivity index (χ0) is 13.5. The molecule has 0 aliphatic carbocycles. The summed E-state index contributed by atoms with van der Waals surface area (Å²) in [6.45, 7) is 4.16. The molecule has 0 bridgehead atoms. The number of para-hydroxylation sites is 1. The molecule has 2 N–H and O–H groups in total. The van der Waals surface area contributed by atoms with E-state index in [4.69, 9.17) is 10.5 Å². The molecule has 3 heteroatoms. The number of aromatic nitrogens is 1. The summed E-state index contributed by atoms with van der Waals surface area (Å²) in [5.74, 6) is 0.863. The predicted molar refractivity (Wildman–Crippen MR) is 77.0 cm³/mol. The van der Waals surface area contributed by atoms with Crippen LogP contribution in [0.15, 0.2) is 61.4 Å². The van der Waals surface area contributed by atoms with E-state index in [-0.39, 0.29) is 6.04 Å². The van der Waals surface area contributed by atoms with Gasteiger partial charge in [-0.05, 0) is 29.7 Å². The standard InChI is InChI=1S/C16H18N2O/c1-2-10-19-16-8-4-3-6-13(16)11-15(17)14-7-5-9-18-12-14/h2-9,12,15H,1,10-11,17H2. The van der Waals surface area contributed by atoms with E-state index in [1.165, 1.54) is 0 Å². The van der Waals surface area contributed by atoms with E-state index in [1.807, 2.05) is 36.4 Å². The number of rotatable bonds is 6. The van der Waals surface area contributed by atoms with Crippen LogP contribution in [0.1, 0.15) is 17.2 Å². The van der Waals surface area contributed by atoms with E-state index in [1.54, 1.807) is 18.5 Å². The molecule has 19 heavy (non-hydrogen) atoms. The van der Waals surface area contributed by atoms with Crippen LogP contribution in [0.2, 0.25) is 0 Å². The fourth-order valence-corrected chi connectivity index (χ4v) is 1.91. The first-order chi connectivity index (χ1) is 9.31. The van der Waals surface area contributed by atoms with Crippen molar-refractivity contribution in [2.24, 2.45) is 5.73 Å². The van der Waals surface area contributed by atoms with E-state index >= 15 is 0 Å². The van der Waals surface area contributed by atoms with Gasteiger partial charge in [-0.15, -0.1) is 0 Å². The number of nitrogens with zero attached hydrogens (tertiary/aromatic N) is 1. The molecule has 3 nitrogen and oxygen atoms in total. The Bertz CT molecular complexity index is 525. The first kappa shape index (κ1) is 13.3. The van der Waals surface area contributed by atoms with Gasteiger partial charge >= 0.3 is 0 Å². The highest BCUT2D eigenvalue weighted by molar-refractivity contribution is 5.35. The molecule has 1 heterocycles. The van der Waals surface area contributed by atoms with Crippen molar-refractivity contribution >= 4 is 0 Å².